The molecule has 0 aliphatic carbocycles. The molecular weight excluding hydrogens is 234 g/mol. The Labute approximate surface area is 106 Å². The lowest BCUT2D eigenvalue weighted by atomic mass is 9.96. The SMILES string of the molecule is Clc1cccn2c(CC3CCCNC3)ncc12. The molecule has 1 fully saturated rings. The molecule has 90 valence electrons. The monoisotopic (exact) mass is 249 g/mol. The predicted octanol–water partition coefficient (Wildman–Crippen LogP) is 2.53. The van der Waals surface area contributed by atoms with Crippen LogP contribution in [0.4, 0.5) is 0 Å². The zero-order chi connectivity index (χ0) is 11.7. The van der Waals surface area contributed by atoms with Crippen LogP contribution in [0.3, 0.4) is 0 Å². The molecule has 1 aliphatic rings. The number of nitrogens with one attached hydrogen (secondary N) is 1. The van der Waals surface area contributed by atoms with Crippen molar-refractivity contribution in [2.75, 3.05) is 13.1 Å². The van der Waals surface area contributed by atoms with Crippen LogP contribution in [0.2, 0.25) is 5.02 Å². The van der Waals surface area contributed by atoms with Gasteiger partial charge in [0.2, 0.25) is 0 Å². The Hall–Kier alpha value is -1.06. The van der Waals surface area contributed by atoms with E-state index in [9.17, 15) is 0 Å². The first-order valence-electron chi connectivity index (χ1n) is 6.16. The quantitative estimate of drug-likeness (QED) is 0.886. The first-order chi connectivity index (χ1) is 8.34. The van der Waals surface area contributed by atoms with Gasteiger partial charge in [0.1, 0.15) is 5.82 Å². The van der Waals surface area contributed by atoms with Crippen molar-refractivity contribution in [2.45, 2.75) is 19.3 Å². The Kier molecular flexibility index (Phi) is 3.04. The highest BCUT2D eigenvalue weighted by Crippen LogP contribution is 2.21. The van der Waals surface area contributed by atoms with Crippen molar-refractivity contribution in [3.8, 4) is 0 Å². The Bertz CT molecular complexity index is 514. The third-order valence-electron chi connectivity index (χ3n) is 3.47. The lowest BCUT2D eigenvalue weighted by molar-refractivity contribution is 0.370. The van der Waals surface area contributed by atoms with Crippen LogP contribution in [0.15, 0.2) is 24.5 Å². The molecule has 3 rings (SSSR count). The fourth-order valence-electron chi connectivity index (χ4n) is 2.55. The van der Waals surface area contributed by atoms with Crippen LogP contribution in [-0.4, -0.2) is 22.5 Å². The summed E-state index contributed by atoms with van der Waals surface area (Å²) in [7, 11) is 0. The summed E-state index contributed by atoms with van der Waals surface area (Å²) in [5.41, 5.74) is 1.01. The van der Waals surface area contributed by atoms with Crippen LogP contribution in [0.25, 0.3) is 5.52 Å². The van der Waals surface area contributed by atoms with E-state index < -0.39 is 0 Å². The van der Waals surface area contributed by atoms with E-state index in [1.807, 2.05) is 24.5 Å². The third kappa shape index (κ3) is 2.17. The molecule has 1 unspecified atom stereocenters. The Morgan fingerprint density at radius 2 is 2.47 bits per heavy atom. The van der Waals surface area contributed by atoms with Crippen molar-refractivity contribution in [1.29, 1.82) is 0 Å². The van der Waals surface area contributed by atoms with Gasteiger partial charge in [-0.05, 0) is 44.0 Å². The maximum atomic E-state index is 6.14. The van der Waals surface area contributed by atoms with Crippen molar-refractivity contribution >= 4 is 17.1 Å². The first kappa shape index (κ1) is 11.1. The lowest BCUT2D eigenvalue weighted by Gasteiger charge is -2.22. The largest absolute Gasteiger partial charge is 0.316 e. The van der Waals surface area contributed by atoms with Gasteiger partial charge in [0.15, 0.2) is 0 Å². The highest BCUT2D eigenvalue weighted by atomic mass is 35.5. The molecule has 1 aliphatic heterocycles. The Balaban J connectivity index is 1.87. The second-order valence-corrected chi connectivity index (χ2v) is 5.11. The van der Waals surface area contributed by atoms with Crippen molar-refractivity contribution < 1.29 is 0 Å². The van der Waals surface area contributed by atoms with Crippen LogP contribution < -0.4 is 5.32 Å². The van der Waals surface area contributed by atoms with E-state index in [2.05, 4.69) is 14.7 Å². The molecule has 0 saturated carbocycles. The maximum Gasteiger partial charge on any atom is 0.113 e. The van der Waals surface area contributed by atoms with Gasteiger partial charge in [0, 0.05) is 12.6 Å². The van der Waals surface area contributed by atoms with Gasteiger partial charge >= 0.3 is 0 Å². The van der Waals surface area contributed by atoms with Gasteiger partial charge in [0.25, 0.3) is 0 Å². The fraction of sp³-hybridized carbons (Fsp3) is 0.462. The number of halogens is 1. The summed E-state index contributed by atoms with van der Waals surface area (Å²) in [5.74, 6) is 1.82. The number of rotatable bonds is 2. The van der Waals surface area contributed by atoms with Gasteiger partial charge in [-0.25, -0.2) is 4.98 Å². The third-order valence-corrected chi connectivity index (χ3v) is 3.79. The molecule has 0 radical (unpaired) electrons. The minimum absolute atomic E-state index is 0.702. The van der Waals surface area contributed by atoms with E-state index in [-0.39, 0.29) is 0 Å². The average Bonchev–Trinajstić information content (AvgIpc) is 2.76. The molecule has 4 heteroatoms. The van der Waals surface area contributed by atoms with Crippen LogP contribution in [-0.2, 0) is 6.42 Å². The van der Waals surface area contributed by atoms with E-state index >= 15 is 0 Å². The van der Waals surface area contributed by atoms with Crippen molar-refractivity contribution in [3.05, 3.63) is 35.4 Å². The van der Waals surface area contributed by atoms with Crippen molar-refractivity contribution in [3.63, 3.8) is 0 Å². The zero-order valence-electron chi connectivity index (χ0n) is 9.69. The molecule has 2 aromatic heterocycles. The maximum absolute atomic E-state index is 6.14. The highest BCUT2D eigenvalue weighted by Gasteiger charge is 2.16. The molecular formula is C13H16ClN3. The topological polar surface area (TPSA) is 29.3 Å². The second-order valence-electron chi connectivity index (χ2n) is 4.70. The Morgan fingerprint density at radius 1 is 1.53 bits per heavy atom. The molecule has 0 aromatic carbocycles. The number of hydrogen-bond acceptors (Lipinski definition) is 2. The van der Waals surface area contributed by atoms with Gasteiger partial charge < -0.3 is 9.72 Å². The van der Waals surface area contributed by atoms with Gasteiger partial charge in [-0.3, -0.25) is 0 Å². The number of imidazole rings is 1. The standard InChI is InChI=1S/C13H16ClN3/c14-11-4-2-6-17-12(11)9-16-13(17)7-10-3-1-5-15-8-10/h2,4,6,9-10,15H,1,3,5,7-8H2. The van der Waals surface area contributed by atoms with Crippen LogP contribution in [0, 0.1) is 5.92 Å². The molecule has 3 nitrogen and oxygen atoms in total. The summed E-state index contributed by atoms with van der Waals surface area (Å²) in [5, 5.41) is 4.21. The Morgan fingerprint density at radius 3 is 3.29 bits per heavy atom. The zero-order valence-corrected chi connectivity index (χ0v) is 10.5. The summed E-state index contributed by atoms with van der Waals surface area (Å²) in [6, 6.07) is 3.88. The van der Waals surface area contributed by atoms with E-state index in [0.29, 0.717) is 5.92 Å². The summed E-state index contributed by atoms with van der Waals surface area (Å²) >= 11 is 6.14. The van der Waals surface area contributed by atoms with E-state index in [0.717, 1.165) is 35.9 Å². The highest BCUT2D eigenvalue weighted by molar-refractivity contribution is 6.33. The first-order valence-corrected chi connectivity index (χ1v) is 6.53. The van der Waals surface area contributed by atoms with E-state index in [1.54, 1.807) is 0 Å². The lowest BCUT2D eigenvalue weighted by Crippen LogP contribution is -2.31. The van der Waals surface area contributed by atoms with Gasteiger partial charge in [-0.15, -0.1) is 0 Å². The number of fused-ring (bicyclic) bond motifs is 1. The molecule has 0 bridgehead atoms. The van der Waals surface area contributed by atoms with Gasteiger partial charge in [-0.2, -0.15) is 0 Å². The summed E-state index contributed by atoms with van der Waals surface area (Å²) in [6.45, 7) is 2.26. The van der Waals surface area contributed by atoms with Gasteiger partial charge in [0.05, 0.1) is 16.7 Å². The molecule has 1 saturated heterocycles. The predicted molar refractivity (Wildman–Crippen MR) is 69.5 cm³/mol. The number of nitrogens with zero attached hydrogens (tertiary/aromatic N) is 2. The van der Waals surface area contributed by atoms with Crippen LogP contribution >= 0.6 is 11.6 Å². The molecule has 1 atom stereocenters. The summed E-state index contributed by atoms with van der Waals surface area (Å²) < 4.78 is 2.11. The molecule has 3 heterocycles. The van der Waals surface area contributed by atoms with Crippen molar-refractivity contribution in [1.82, 2.24) is 14.7 Å². The minimum Gasteiger partial charge on any atom is -0.316 e. The second kappa shape index (κ2) is 4.67. The van der Waals surface area contributed by atoms with Crippen molar-refractivity contribution in [2.24, 2.45) is 5.92 Å². The molecule has 1 N–H and O–H groups in total. The minimum atomic E-state index is 0.702. The summed E-state index contributed by atoms with van der Waals surface area (Å²) in [4.78, 5) is 4.50. The van der Waals surface area contributed by atoms with Crippen LogP contribution in [0.5, 0.6) is 0 Å². The summed E-state index contributed by atoms with van der Waals surface area (Å²) in [6.07, 6.45) is 7.51. The average molecular weight is 250 g/mol. The molecule has 0 amide bonds. The number of hydrogen-bond donors (Lipinski definition) is 1. The molecule has 2 aromatic rings. The number of piperidine rings is 1. The number of aromatic nitrogens is 2. The van der Waals surface area contributed by atoms with E-state index in [1.165, 1.54) is 12.8 Å². The van der Waals surface area contributed by atoms with Gasteiger partial charge in [-0.1, -0.05) is 11.6 Å². The number of pyridine rings is 1. The molecule has 0 spiro atoms. The molecule has 17 heavy (non-hydrogen) atoms. The smallest absolute Gasteiger partial charge is 0.113 e. The fourth-order valence-corrected chi connectivity index (χ4v) is 2.76. The van der Waals surface area contributed by atoms with E-state index in [4.69, 9.17) is 11.6 Å². The van der Waals surface area contributed by atoms with Crippen LogP contribution in [0.1, 0.15) is 18.7 Å². The normalized spacial score (nSPS) is 20.9.